The summed E-state index contributed by atoms with van der Waals surface area (Å²) < 4.78 is 7.14. The molecule has 178 valence electrons. The van der Waals surface area contributed by atoms with Crippen LogP contribution >= 0.6 is 0 Å². The standard InChI is InChI=1S/C30H37NO2Si/c1-29(2,3)26-19-13-14-20-27(26)31-23(21-28(31)32)22-33-34(30(4,5)6,24-15-9-7-10-16-24)25-17-11-8-12-18-25/h7-20,23H,21-22H2,1-6H3. The van der Waals surface area contributed by atoms with Crippen molar-refractivity contribution in [2.24, 2.45) is 0 Å². The number of carbonyl (C=O) groups is 1. The highest BCUT2D eigenvalue weighted by Gasteiger charge is 2.51. The highest BCUT2D eigenvalue weighted by atomic mass is 28.4. The molecule has 3 aromatic carbocycles. The highest BCUT2D eigenvalue weighted by Crippen LogP contribution is 2.40. The molecule has 3 aromatic rings. The van der Waals surface area contributed by atoms with E-state index in [4.69, 9.17) is 4.43 Å². The van der Waals surface area contributed by atoms with Gasteiger partial charge in [-0.1, -0.05) is 120 Å². The van der Waals surface area contributed by atoms with Crippen LogP contribution in [0.15, 0.2) is 84.9 Å². The summed E-state index contributed by atoms with van der Waals surface area (Å²) in [5.41, 5.74) is 2.16. The summed E-state index contributed by atoms with van der Waals surface area (Å²) in [5.74, 6) is 0.174. The Morgan fingerprint density at radius 1 is 0.794 bits per heavy atom. The molecule has 1 fully saturated rings. The van der Waals surface area contributed by atoms with Crippen LogP contribution in [0.5, 0.6) is 0 Å². The Hall–Kier alpha value is -2.69. The molecule has 1 atom stereocenters. The molecule has 1 saturated heterocycles. The number of rotatable bonds is 6. The third-order valence-corrected chi connectivity index (χ3v) is 11.9. The van der Waals surface area contributed by atoms with Gasteiger partial charge in [-0.25, -0.2) is 0 Å². The third kappa shape index (κ3) is 4.37. The number of para-hydroxylation sites is 1. The van der Waals surface area contributed by atoms with Crippen molar-refractivity contribution in [3.05, 3.63) is 90.5 Å². The monoisotopic (exact) mass is 471 g/mol. The Morgan fingerprint density at radius 3 is 1.76 bits per heavy atom. The van der Waals surface area contributed by atoms with Gasteiger partial charge in [0.05, 0.1) is 19.1 Å². The van der Waals surface area contributed by atoms with Crippen LogP contribution in [0, 0.1) is 0 Å². The van der Waals surface area contributed by atoms with Gasteiger partial charge in [-0.15, -0.1) is 0 Å². The van der Waals surface area contributed by atoms with Crippen molar-refractivity contribution < 1.29 is 9.22 Å². The molecule has 0 radical (unpaired) electrons. The van der Waals surface area contributed by atoms with Crippen LogP contribution in [0.3, 0.4) is 0 Å². The lowest BCUT2D eigenvalue weighted by Crippen LogP contribution is -2.68. The zero-order chi connectivity index (χ0) is 24.6. The molecule has 4 heteroatoms. The Balaban J connectivity index is 1.72. The average Bonchev–Trinajstić information content (AvgIpc) is 2.79. The topological polar surface area (TPSA) is 29.5 Å². The SMILES string of the molecule is CC(C)(C)c1ccccc1N1C(=O)CC1CO[Si](c1ccccc1)(c1ccccc1)C(C)(C)C. The van der Waals surface area contributed by atoms with Gasteiger partial charge in [-0.3, -0.25) is 4.79 Å². The fraction of sp³-hybridized carbons (Fsp3) is 0.367. The van der Waals surface area contributed by atoms with Crippen LogP contribution in [0.2, 0.25) is 5.04 Å². The quantitative estimate of drug-likeness (QED) is 0.343. The molecule has 3 nitrogen and oxygen atoms in total. The maximum atomic E-state index is 12.9. The van der Waals surface area contributed by atoms with Gasteiger partial charge in [0.15, 0.2) is 0 Å². The minimum Gasteiger partial charge on any atom is -0.405 e. The van der Waals surface area contributed by atoms with E-state index < -0.39 is 8.32 Å². The number of hydrogen-bond acceptors (Lipinski definition) is 2. The molecule has 0 spiro atoms. The van der Waals surface area contributed by atoms with E-state index in [0.29, 0.717) is 13.0 Å². The molecule has 34 heavy (non-hydrogen) atoms. The predicted molar refractivity (Wildman–Crippen MR) is 145 cm³/mol. The van der Waals surface area contributed by atoms with E-state index in [1.54, 1.807) is 0 Å². The fourth-order valence-corrected chi connectivity index (χ4v) is 9.85. The summed E-state index contributed by atoms with van der Waals surface area (Å²) in [6, 6.07) is 29.7. The zero-order valence-electron chi connectivity index (χ0n) is 21.3. The van der Waals surface area contributed by atoms with Gasteiger partial charge in [-0.05, 0) is 32.5 Å². The summed E-state index contributed by atoms with van der Waals surface area (Å²) in [6.07, 6.45) is 0.524. The third-order valence-electron chi connectivity index (χ3n) is 6.92. The van der Waals surface area contributed by atoms with Gasteiger partial charge in [0.2, 0.25) is 5.91 Å². The molecular formula is C30H37NO2Si. The van der Waals surface area contributed by atoms with Crippen LogP contribution in [-0.2, 0) is 14.6 Å². The van der Waals surface area contributed by atoms with Crippen LogP contribution in [0.4, 0.5) is 5.69 Å². The Morgan fingerprint density at radius 2 is 1.29 bits per heavy atom. The van der Waals surface area contributed by atoms with Crippen molar-refractivity contribution in [1.82, 2.24) is 0 Å². The van der Waals surface area contributed by atoms with Crippen molar-refractivity contribution in [1.29, 1.82) is 0 Å². The van der Waals surface area contributed by atoms with Crippen LogP contribution in [0.25, 0.3) is 0 Å². The minimum atomic E-state index is -2.64. The van der Waals surface area contributed by atoms with E-state index in [2.05, 4.69) is 120 Å². The number of nitrogens with zero attached hydrogens (tertiary/aromatic N) is 1. The molecule has 4 rings (SSSR count). The molecule has 0 aromatic heterocycles. The molecule has 1 unspecified atom stereocenters. The Bertz CT molecular complexity index is 1090. The number of benzene rings is 3. The second-order valence-corrected chi connectivity index (χ2v) is 15.7. The highest BCUT2D eigenvalue weighted by molar-refractivity contribution is 6.99. The summed E-state index contributed by atoms with van der Waals surface area (Å²) >= 11 is 0. The summed E-state index contributed by atoms with van der Waals surface area (Å²) in [7, 11) is -2.64. The number of carbonyl (C=O) groups excluding carboxylic acids is 1. The Labute approximate surface area is 205 Å². The van der Waals surface area contributed by atoms with Crippen molar-refractivity contribution in [2.45, 2.75) is 64.5 Å². The van der Waals surface area contributed by atoms with Gasteiger partial charge in [0.25, 0.3) is 8.32 Å². The van der Waals surface area contributed by atoms with E-state index in [9.17, 15) is 4.79 Å². The first-order chi connectivity index (χ1) is 16.1. The van der Waals surface area contributed by atoms with Gasteiger partial charge >= 0.3 is 0 Å². The predicted octanol–water partition coefficient (Wildman–Crippen LogP) is 5.67. The number of β-lactam (4-membered cyclic amide) rings is 1. The van der Waals surface area contributed by atoms with Crippen LogP contribution < -0.4 is 15.3 Å². The van der Waals surface area contributed by atoms with Gasteiger partial charge in [-0.2, -0.15) is 0 Å². The fourth-order valence-electron chi connectivity index (χ4n) is 5.25. The van der Waals surface area contributed by atoms with E-state index in [1.165, 1.54) is 15.9 Å². The smallest absolute Gasteiger partial charge is 0.261 e. The maximum Gasteiger partial charge on any atom is 0.261 e. The number of hydrogen-bond donors (Lipinski definition) is 0. The second-order valence-electron chi connectivity index (χ2n) is 11.4. The van der Waals surface area contributed by atoms with E-state index >= 15 is 0 Å². The minimum absolute atomic E-state index is 0.0395. The van der Waals surface area contributed by atoms with Crippen molar-refractivity contribution in [2.75, 3.05) is 11.5 Å². The van der Waals surface area contributed by atoms with Crippen molar-refractivity contribution >= 4 is 30.3 Å². The maximum absolute atomic E-state index is 12.9. The van der Waals surface area contributed by atoms with E-state index in [0.717, 1.165) is 5.69 Å². The molecule has 1 heterocycles. The Kier molecular flexibility index (Phi) is 6.58. The van der Waals surface area contributed by atoms with Crippen molar-refractivity contribution in [3.63, 3.8) is 0 Å². The van der Waals surface area contributed by atoms with E-state index in [1.807, 2.05) is 11.0 Å². The van der Waals surface area contributed by atoms with Crippen LogP contribution in [0.1, 0.15) is 53.5 Å². The lowest BCUT2D eigenvalue weighted by Gasteiger charge is -2.47. The molecule has 1 aliphatic heterocycles. The summed E-state index contributed by atoms with van der Waals surface area (Å²) in [4.78, 5) is 14.8. The largest absolute Gasteiger partial charge is 0.405 e. The van der Waals surface area contributed by atoms with Gasteiger partial charge in [0.1, 0.15) is 0 Å². The first-order valence-electron chi connectivity index (χ1n) is 12.2. The van der Waals surface area contributed by atoms with Crippen LogP contribution in [-0.4, -0.2) is 26.9 Å². The molecule has 1 aliphatic rings. The average molecular weight is 472 g/mol. The van der Waals surface area contributed by atoms with E-state index in [-0.39, 0.29) is 22.4 Å². The number of anilines is 1. The molecule has 0 bridgehead atoms. The lowest BCUT2D eigenvalue weighted by molar-refractivity contribution is -0.124. The second kappa shape index (κ2) is 9.16. The first-order valence-corrected chi connectivity index (χ1v) is 14.1. The van der Waals surface area contributed by atoms with Crippen molar-refractivity contribution in [3.8, 4) is 0 Å². The number of amides is 1. The molecule has 1 amide bonds. The molecular weight excluding hydrogens is 434 g/mol. The first kappa shape index (κ1) is 24.4. The molecule has 0 aliphatic carbocycles. The van der Waals surface area contributed by atoms with Gasteiger partial charge in [0, 0.05) is 5.69 Å². The molecule has 0 saturated carbocycles. The normalized spacial score (nSPS) is 16.9. The van der Waals surface area contributed by atoms with Gasteiger partial charge < -0.3 is 9.33 Å². The molecule has 0 N–H and O–H groups in total. The summed E-state index contributed by atoms with van der Waals surface area (Å²) in [5, 5.41) is 2.44. The lowest BCUT2D eigenvalue weighted by atomic mass is 9.84. The zero-order valence-corrected chi connectivity index (χ0v) is 22.3. The summed E-state index contributed by atoms with van der Waals surface area (Å²) in [6.45, 7) is 14.0.